The first kappa shape index (κ1) is 18.8. The van der Waals surface area contributed by atoms with Crippen LogP contribution in [0.4, 0.5) is 10.5 Å². The van der Waals surface area contributed by atoms with Crippen LogP contribution in [-0.4, -0.2) is 36.0 Å². The molecule has 6 nitrogen and oxygen atoms in total. The zero-order valence-electron chi connectivity index (χ0n) is 15.5. The lowest BCUT2D eigenvalue weighted by atomic mass is 9.98. The molecule has 2 aromatic rings. The summed E-state index contributed by atoms with van der Waals surface area (Å²) in [6.45, 7) is 3.33. The highest BCUT2D eigenvalue weighted by Gasteiger charge is 2.28. The summed E-state index contributed by atoms with van der Waals surface area (Å²) in [4.78, 5) is 26.1. The van der Waals surface area contributed by atoms with Crippen LogP contribution in [0.5, 0.6) is 0 Å². The highest BCUT2D eigenvalue weighted by molar-refractivity contribution is 5.79. The number of para-hydroxylation sites is 1. The number of benzene rings is 2. The van der Waals surface area contributed by atoms with Gasteiger partial charge in [-0.25, -0.2) is 4.79 Å². The van der Waals surface area contributed by atoms with Gasteiger partial charge in [0, 0.05) is 24.8 Å². The molecule has 4 N–H and O–H groups in total. The van der Waals surface area contributed by atoms with E-state index in [1.54, 1.807) is 0 Å². The molecule has 6 heteroatoms. The van der Waals surface area contributed by atoms with Crippen molar-refractivity contribution in [3.63, 3.8) is 0 Å². The summed E-state index contributed by atoms with van der Waals surface area (Å²) >= 11 is 0. The van der Waals surface area contributed by atoms with Gasteiger partial charge < -0.3 is 21.3 Å². The topological polar surface area (TPSA) is 87.5 Å². The van der Waals surface area contributed by atoms with E-state index in [4.69, 9.17) is 5.73 Å². The van der Waals surface area contributed by atoms with Gasteiger partial charge in [-0.1, -0.05) is 42.5 Å². The molecule has 0 saturated carbocycles. The van der Waals surface area contributed by atoms with Gasteiger partial charge in [0.2, 0.25) is 5.91 Å². The van der Waals surface area contributed by atoms with Crippen LogP contribution in [0.15, 0.2) is 54.6 Å². The van der Waals surface area contributed by atoms with Gasteiger partial charge in [-0.15, -0.1) is 0 Å². The first-order chi connectivity index (χ1) is 13.0. The van der Waals surface area contributed by atoms with E-state index in [1.165, 1.54) is 0 Å². The summed E-state index contributed by atoms with van der Waals surface area (Å²) in [5.74, 6) is 0.0226. The van der Waals surface area contributed by atoms with Crippen LogP contribution in [0.3, 0.4) is 0 Å². The minimum absolute atomic E-state index is 0.0226. The van der Waals surface area contributed by atoms with E-state index >= 15 is 0 Å². The Bertz CT molecular complexity index is 794. The molecular weight excluding hydrogens is 340 g/mol. The Hall–Kier alpha value is -3.02. The molecule has 2 aromatic carbocycles. The number of hydrogen-bond donors (Lipinski definition) is 3. The number of nitrogens with one attached hydrogen (secondary N) is 2. The maximum Gasteiger partial charge on any atom is 0.312 e. The van der Waals surface area contributed by atoms with Gasteiger partial charge in [0.1, 0.15) is 0 Å². The summed E-state index contributed by atoms with van der Waals surface area (Å²) in [5, 5.41) is 6.19. The number of nitrogens with two attached hydrogens (primary N) is 1. The van der Waals surface area contributed by atoms with Crippen LogP contribution in [0.2, 0.25) is 0 Å². The van der Waals surface area contributed by atoms with Crippen molar-refractivity contribution in [2.75, 3.05) is 18.4 Å². The molecule has 142 valence electrons. The highest BCUT2D eigenvalue weighted by atomic mass is 16.2. The first-order valence-corrected chi connectivity index (χ1v) is 9.24. The molecule has 0 aromatic heterocycles. The number of nitrogens with zero attached hydrogens (tertiary/aromatic N) is 1. The number of hydrogen-bond acceptors (Lipinski definition) is 3. The molecule has 1 aliphatic heterocycles. The Balaban J connectivity index is 1.62. The number of likely N-dealkylation sites (tertiary alicyclic amines) is 1. The molecule has 3 rings (SSSR count). The van der Waals surface area contributed by atoms with Crippen molar-refractivity contribution in [3.05, 3.63) is 65.7 Å². The second-order valence-corrected chi connectivity index (χ2v) is 6.96. The van der Waals surface area contributed by atoms with E-state index < -0.39 is 12.1 Å². The fourth-order valence-electron chi connectivity index (χ4n) is 3.57. The van der Waals surface area contributed by atoms with E-state index in [0.29, 0.717) is 13.1 Å². The van der Waals surface area contributed by atoms with Crippen LogP contribution >= 0.6 is 0 Å². The Morgan fingerprint density at radius 2 is 1.85 bits per heavy atom. The summed E-state index contributed by atoms with van der Waals surface area (Å²) in [6, 6.07) is 16.9. The highest BCUT2D eigenvalue weighted by Crippen LogP contribution is 2.23. The minimum Gasteiger partial charge on any atom is -0.380 e. The summed E-state index contributed by atoms with van der Waals surface area (Å²) in [7, 11) is 0. The van der Waals surface area contributed by atoms with Crippen molar-refractivity contribution < 1.29 is 9.59 Å². The van der Waals surface area contributed by atoms with Crippen molar-refractivity contribution >= 4 is 17.6 Å². The number of urea groups is 1. The molecule has 0 bridgehead atoms. The second kappa shape index (κ2) is 8.58. The molecular formula is C21H26N4O2. The van der Waals surface area contributed by atoms with Gasteiger partial charge in [0.05, 0.1) is 12.5 Å². The SMILES string of the molecule is Cc1ccccc1C(CC(=O)N1CCC(Nc2ccccc2)C1)NC(N)=O. The lowest BCUT2D eigenvalue weighted by Crippen LogP contribution is -2.38. The third-order valence-corrected chi connectivity index (χ3v) is 4.94. The smallest absolute Gasteiger partial charge is 0.312 e. The zero-order valence-corrected chi connectivity index (χ0v) is 15.5. The van der Waals surface area contributed by atoms with Gasteiger partial charge in [-0.05, 0) is 36.6 Å². The van der Waals surface area contributed by atoms with Crippen LogP contribution in [0.1, 0.15) is 30.0 Å². The van der Waals surface area contributed by atoms with Gasteiger partial charge in [-0.2, -0.15) is 0 Å². The lowest BCUT2D eigenvalue weighted by Gasteiger charge is -2.23. The third kappa shape index (κ3) is 5.00. The first-order valence-electron chi connectivity index (χ1n) is 9.24. The zero-order chi connectivity index (χ0) is 19.2. The molecule has 27 heavy (non-hydrogen) atoms. The fraction of sp³-hybridized carbons (Fsp3) is 0.333. The maximum absolute atomic E-state index is 12.8. The Labute approximate surface area is 159 Å². The molecule has 2 atom stereocenters. The standard InChI is InChI=1S/C21H26N4O2/c1-15-7-5-6-10-18(15)19(24-21(22)27)13-20(26)25-12-11-17(14-25)23-16-8-3-2-4-9-16/h2-10,17,19,23H,11-14H2,1H3,(H3,22,24,27). The van der Waals surface area contributed by atoms with Gasteiger partial charge in [0.15, 0.2) is 0 Å². The van der Waals surface area contributed by atoms with Crippen molar-refractivity contribution in [2.45, 2.75) is 31.8 Å². The molecule has 1 heterocycles. The third-order valence-electron chi connectivity index (χ3n) is 4.94. The molecule has 1 saturated heterocycles. The molecule has 0 spiro atoms. The molecule has 1 aliphatic rings. The number of rotatable bonds is 6. The van der Waals surface area contributed by atoms with E-state index in [1.807, 2.05) is 66.4 Å². The minimum atomic E-state index is -0.624. The van der Waals surface area contributed by atoms with E-state index in [-0.39, 0.29) is 18.4 Å². The lowest BCUT2D eigenvalue weighted by molar-refractivity contribution is -0.130. The fourth-order valence-corrected chi connectivity index (χ4v) is 3.57. The normalized spacial score (nSPS) is 17.4. The van der Waals surface area contributed by atoms with E-state index in [9.17, 15) is 9.59 Å². The second-order valence-electron chi connectivity index (χ2n) is 6.96. The molecule has 1 fully saturated rings. The van der Waals surface area contributed by atoms with Crippen LogP contribution < -0.4 is 16.4 Å². The average Bonchev–Trinajstić information content (AvgIpc) is 3.11. The summed E-state index contributed by atoms with van der Waals surface area (Å²) in [6.07, 6.45) is 1.10. The Kier molecular flexibility index (Phi) is 5.96. The summed E-state index contributed by atoms with van der Waals surface area (Å²) < 4.78 is 0. The van der Waals surface area contributed by atoms with Gasteiger partial charge >= 0.3 is 6.03 Å². The van der Waals surface area contributed by atoms with Crippen molar-refractivity contribution in [1.29, 1.82) is 0 Å². The number of primary amides is 1. The molecule has 2 unspecified atom stereocenters. The van der Waals surface area contributed by atoms with E-state index in [0.717, 1.165) is 23.2 Å². The quantitative estimate of drug-likeness (QED) is 0.735. The van der Waals surface area contributed by atoms with E-state index in [2.05, 4.69) is 10.6 Å². The van der Waals surface area contributed by atoms with Crippen LogP contribution in [-0.2, 0) is 4.79 Å². The monoisotopic (exact) mass is 366 g/mol. The van der Waals surface area contributed by atoms with Crippen molar-refractivity contribution in [1.82, 2.24) is 10.2 Å². The van der Waals surface area contributed by atoms with Gasteiger partial charge in [-0.3, -0.25) is 4.79 Å². The number of carbonyl (C=O) groups excluding carboxylic acids is 2. The molecule has 3 amide bonds. The number of carbonyl (C=O) groups is 2. The average molecular weight is 366 g/mol. The number of anilines is 1. The van der Waals surface area contributed by atoms with Crippen molar-refractivity contribution in [2.24, 2.45) is 5.73 Å². The number of amides is 3. The van der Waals surface area contributed by atoms with Crippen molar-refractivity contribution in [3.8, 4) is 0 Å². The Morgan fingerprint density at radius 1 is 1.15 bits per heavy atom. The largest absolute Gasteiger partial charge is 0.380 e. The van der Waals surface area contributed by atoms with Crippen LogP contribution in [0.25, 0.3) is 0 Å². The molecule has 0 radical (unpaired) electrons. The van der Waals surface area contributed by atoms with Gasteiger partial charge in [0.25, 0.3) is 0 Å². The number of aryl methyl sites for hydroxylation is 1. The molecule has 0 aliphatic carbocycles. The van der Waals surface area contributed by atoms with Crippen LogP contribution in [0, 0.1) is 6.92 Å². The predicted octanol–water partition coefficient (Wildman–Crippen LogP) is 2.81. The predicted molar refractivity (Wildman–Crippen MR) is 106 cm³/mol. The maximum atomic E-state index is 12.8. The Morgan fingerprint density at radius 3 is 2.56 bits per heavy atom. The summed E-state index contributed by atoms with van der Waals surface area (Å²) in [5.41, 5.74) is 8.33.